The van der Waals surface area contributed by atoms with E-state index in [-0.39, 0.29) is 5.15 Å². The topological polar surface area (TPSA) is 64.7 Å². The molecule has 0 bridgehead atoms. The fourth-order valence-corrected chi connectivity index (χ4v) is 2.51. The van der Waals surface area contributed by atoms with E-state index in [9.17, 15) is 0 Å². The van der Waals surface area contributed by atoms with E-state index < -0.39 is 0 Å². The lowest BCUT2D eigenvalue weighted by atomic mass is 10.6. The first kappa shape index (κ1) is 9.70. The van der Waals surface area contributed by atoms with Crippen molar-refractivity contribution in [1.29, 1.82) is 0 Å². The van der Waals surface area contributed by atoms with Crippen LogP contribution in [0.1, 0.15) is 0 Å². The standard InChI is InChI=1S/C7H5ClN4S2/c8-5-4(9)6(12-3-11-5)14-7-10-1-2-13-7/h1-3H,9H2. The average molecular weight is 245 g/mol. The van der Waals surface area contributed by atoms with Gasteiger partial charge in [0.05, 0.1) is 0 Å². The zero-order valence-electron chi connectivity index (χ0n) is 6.85. The largest absolute Gasteiger partial charge is 0.394 e. The van der Waals surface area contributed by atoms with Crippen LogP contribution in [-0.2, 0) is 0 Å². The number of hydrogen-bond donors (Lipinski definition) is 1. The SMILES string of the molecule is Nc1c(Cl)ncnc1Sc1nccs1. The summed E-state index contributed by atoms with van der Waals surface area (Å²) in [6.45, 7) is 0. The molecule has 7 heteroatoms. The van der Waals surface area contributed by atoms with E-state index in [0.717, 1.165) is 4.34 Å². The monoisotopic (exact) mass is 244 g/mol. The highest BCUT2D eigenvalue weighted by molar-refractivity contribution is 8.01. The molecule has 0 amide bonds. The van der Waals surface area contributed by atoms with Crippen molar-refractivity contribution in [2.75, 3.05) is 5.73 Å². The number of rotatable bonds is 2. The predicted octanol–water partition coefficient (Wildman–Crippen LogP) is 2.32. The maximum atomic E-state index is 5.75. The molecule has 0 saturated heterocycles. The van der Waals surface area contributed by atoms with E-state index in [4.69, 9.17) is 17.3 Å². The first-order valence-electron chi connectivity index (χ1n) is 3.60. The molecule has 0 aliphatic carbocycles. The van der Waals surface area contributed by atoms with Gasteiger partial charge in [0.1, 0.15) is 17.0 Å². The van der Waals surface area contributed by atoms with Gasteiger partial charge >= 0.3 is 0 Å². The van der Waals surface area contributed by atoms with Crippen molar-refractivity contribution in [2.45, 2.75) is 9.37 Å². The molecular weight excluding hydrogens is 240 g/mol. The molecule has 2 rings (SSSR count). The normalized spacial score (nSPS) is 10.4. The van der Waals surface area contributed by atoms with Crippen LogP contribution in [0.5, 0.6) is 0 Å². The Balaban J connectivity index is 2.29. The van der Waals surface area contributed by atoms with Crippen molar-refractivity contribution < 1.29 is 0 Å². The first-order chi connectivity index (χ1) is 6.77. The molecule has 0 saturated carbocycles. The molecule has 0 aliphatic heterocycles. The van der Waals surface area contributed by atoms with Gasteiger partial charge in [0.2, 0.25) is 0 Å². The highest BCUT2D eigenvalue weighted by atomic mass is 35.5. The number of halogens is 1. The minimum atomic E-state index is 0.277. The van der Waals surface area contributed by atoms with Gasteiger partial charge in [0.25, 0.3) is 0 Å². The summed E-state index contributed by atoms with van der Waals surface area (Å²) in [5.41, 5.74) is 6.10. The van der Waals surface area contributed by atoms with Crippen LogP contribution in [0.3, 0.4) is 0 Å². The number of nitrogens with zero attached hydrogens (tertiary/aromatic N) is 3. The summed E-state index contributed by atoms with van der Waals surface area (Å²) in [7, 11) is 0. The molecule has 0 unspecified atom stereocenters. The number of hydrogen-bond acceptors (Lipinski definition) is 6. The summed E-state index contributed by atoms with van der Waals surface area (Å²) in [6.07, 6.45) is 3.11. The van der Waals surface area contributed by atoms with E-state index >= 15 is 0 Å². The van der Waals surface area contributed by atoms with Crippen molar-refractivity contribution >= 4 is 40.4 Å². The van der Waals surface area contributed by atoms with Gasteiger partial charge in [-0.3, -0.25) is 0 Å². The van der Waals surface area contributed by atoms with Crippen molar-refractivity contribution in [3.8, 4) is 0 Å². The Bertz CT molecular complexity index is 431. The smallest absolute Gasteiger partial charge is 0.156 e. The summed E-state index contributed by atoms with van der Waals surface area (Å²) in [4.78, 5) is 11.9. The van der Waals surface area contributed by atoms with Crippen LogP contribution in [0.2, 0.25) is 5.15 Å². The molecular formula is C7H5ClN4S2. The van der Waals surface area contributed by atoms with Gasteiger partial charge in [-0.25, -0.2) is 15.0 Å². The lowest BCUT2D eigenvalue weighted by Crippen LogP contribution is -1.94. The quantitative estimate of drug-likeness (QED) is 0.822. The molecule has 14 heavy (non-hydrogen) atoms. The Hall–Kier alpha value is -0.850. The fourth-order valence-electron chi connectivity index (χ4n) is 0.784. The van der Waals surface area contributed by atoms with Crippen LogP contribution in [0, 0.1) is 0 Å². The van der Waals surface area contributed by atoms with Gasteiger partial charge in [-0.2, -0.15) is 0 Å². The molecule has 2 N–H and O–H groups in total. The van der Waals surface area contributed by atoms with Crippen LogP contribution in [0.4, 0.5) is 5.69 Å². The van der Waals surface area contributed by atoms with Crippen LogP contribution in [0.15, 0.2) is 27.3 Å². The molecule has 0 radical (unpaired) electrons. The van der Waals surface area contributed by atoms with E-state index in [1.165, 1.54) is 29.4 Å². The highest BCUT2D eigenvalue weighted by Gasteiger charge is 2.08. The third-order valence-corrected chi connectivity index (χ3v) is 3.60. The molecule has 0 atom stereocenters. The number of thiazole rings is 1. The maximum Gasteiger partial charge on any atom is 0.156 e. The zero-order valence-corrected chi connectivity index (χ0v) is 9.23. The second kappa shape index (κ2) is 4.12. The lowest BCUT2D eigenvalue weighted by molar-refractivity contribution is 1.05. The molecule has 4 nitrogen and oxygen atoms in total. The molecule has 2 aromatic rings. The van der Waals surface area contributed by atoms with Crippen LogP contribution in [0.25, 0.3) is 0 Å². The van der Waals surface area contributed by atoms with E-state index in [1.54, 1.807) is 6.20 Å². The summed E-state index contributed by atoms with van der Waals surface area (Å²) >= 11 is 8.65. The van der Waals surface area contributed by atoms with Crippen molar-refractivity contribution in [3.63, 3.8) is 0 Å². The Morgan fingerprint density at radius 3 is 2.93 bits per heavy atom. The fraction of sp³-hybridized carbons (Fsp3) is 0. The Morgan fingerprint density at radius 2 is 2.21 bits per heavy atom. The van der Waals surface area contributed by atoms with Gasteiger partial charge in [0, 0.05) is 11.6 Å². The number of nitrogens with two attached hydrogens (primary N) is 1. The molecule has 2 aromatic heterocycles. The summed E-state index contributed by atoms with van der Waals surface area (Å²) < 4.78 is 0.881. The number of anilines is 1. The molecule has 0 aliphatic rings. The number of aromatic nitrogens is 3. The van der Waals surface area contributed by atoms with E-state index in [2.05, 4.69) is 15.0 Å². The van der Waals surface area contributed by atoms with Crippen molar-refractivity contribution in [1.82, 2.24) is 15.0 Å². The second-order valence-corrected chi connectivity index (χ2v) is 4.77. The first-order valence-corrected chi connectivity index (χ1v) is 5.68. The summed E-state index contributed by atoms with van der Waals surface area (Å²) in [6, 6.07) is 0. The van der Waals surface area contributed by atoms with E-state index in [1.807, 2.05) is 5.38 Å². The minimum Gasteiger partial charge on any atom is -0.394 e. The molecule has 0 aromatic carbocycles. The highest BCUT2D eigenvalue weighted by Crippen LogP contribution is 2.33. The zero-order chi connectivity index (χ0) is 9.97. The van der Waals surface area contributed by atoms with Gasteiger partial charge in [0.15, 0.2) is 9.49 Å². The van der Waals surface area contributed by atoms with Crippen LogP contribution < -0.4 is 5.73 Å². The van der Waals surface area contributed by atoms with Gasteiger partial charge < -0.3 is 5.73 Å². The Labute approximate surface area is 93.6 Å². The minimum absolute atomic E-state index is 0.277. The maximum absolute atomic E-state index is 5.75. The average Bonchev–Trinajstić information content (AvgIpc) is 2.66. The molecule has 0 spiro atoms. The van der Waals surface area contributed by atoms with Gasteiger partial charge in [-0.1, -0.05) is 11.6 Å². The van der Waals surface area contributed by atoms with Gasteiger partial charge in [-0.05, 0) is 11.8 Å². The predicted molar refractivity (Wildman–Crippen MR) is 57.7 cm³/mol. The molecule has 72 valence electrons. The third kappa shape index (κ3) is 1.97. The van der Waals surface area contributed by atoms with E-state index in [0.29, 0.717) is 10.7 Å². The summed E-state index contributed by atoms with van der Waals surface area (Å²) in [5.74, 6) is 0. The Morgan fingerprint density at radius 1 is 1.36 bits per heavy atom. The second-order valence-electron chi connectivity index (χ2n) is 2.28. The van der Waals surface area contributed by atoms with Crippen molar-refractivity contribution in [2.24, 2.45) is 0 Å². The Kier molecular flexibility index (Phi) is 2.85. The molecule has 2 heterocycles. The lowest BCUT2D eigenvalue weighted by Gasteiger charge is -2.01. The van der Waals surface area contributed by atoms with Gasteiger partial charge in [-0.15, -0.1) is 11.3 Å². The third-order valence-electron chi connectivity index (χ3n) is 1.39. The van der Waals surface area contributed by atoms with Crippen molar-refractivity contribution in [3.05, 3.63) is 23.1 Å². The van der Waals surface area contributed by atoms with Crippen LogP contribution in [-0.4, -0.2) is 15.0 Å². The molecule has 0 fully saturated rings. The van der Waals surface area contributed by atoms with Crippen LogP contribution >= 0.6 is 34.7 Å². The number of nitrogen functional groups attached to an aromatic ring is 1. The summed E-state index contributed by atoms with van der Waals surface area (Å²) in [5, 5.41) is 2.81.